The molecule has 0 unspecified atom stereocenters. The second-order valence-corrected chi connectivity index (χ2v) is 5.07. The fourth-order valence-corrected chi connectivity index (χ4v) is 2.34. The Bertz CT molecular complexity index is 677. The van der Waals surface area contributed by atoms with Crippen molar-refractivity contribution in [3.8, 4) is 0 Å². The summed E-state index contributed by atoms with van der Waals surface area (Å²) in [5.41, 5.74) is 2.40. The van der Waals surface area contributed by atoms with Crippen molar-refractivity contribution in [3.05, 3.63) is 57.9 Å². The van der Waals surface area contributed by atoms with E-state index < -0.39 is 5.97 Å². The van der Waals surface area contributed by atoms with Gasteiger partial charge in [0.1, 0.15) is 0 Å². The average Bonchev–Trinajstić information content (AvgIpc) is 2.64. The van der Waals surface area contributed by atoms with Crippen LogP contribution in [0.5, 0.6) is 0 Å². The number of aliphatic carboxylic acids is 1. The third-order valence-corrected chi connectivity index (χ3v) is 3.43. The Morgan fingerprint density at radius 2 is 1.81 bits per heavy atom. The number of rotatable bonds is 4. The molecule has 0 aliphatic heterocycles. The summed E-state index contributed by atoms with van der Waals surface area (Å²) in [4.78, 5) is 23.3. The van der Waals surface area contributed by atoms with Gasteiger partial charge in [-0.1, -0.05) is 11.6 Å². The van der Waals surface area contributed by atoms with Crippen molar-refractivity contribution in [2.75, 3.05) is 0 Å². The first-order chi connectivity index (χ1) is 9.40. The fourth-order valence-electron chi connectivity index (χ4n) is 2.22. The van der Waals surface area contributed by atoms with Crippen LogP contribution in [0, 0.1) is 6.92 Å². The summed E-state index contributed by atoms with van der Waals surface area (Å²) in [7, 11) is 1.70. The summed E-state index contributed by atoms with van der Waals surface area (Å²) in [6, 6.07) is 8.37. The van der Waals surface area contributed by atoms with E-state index in [0.717, 1.165) is 5.56 Å². The molecule has 0 spiro atoms. The summed E-state index contributed by atoms with van der Waals surface area (Å²) < 4.78 is 1.64. The van der Waals surface area contributed by atoms with Crippen LogP contribution < -0.4 is 0 Å². The number of carboxylic acids is 1. The molecule has 1 aromatic carbocycles. The molecule has 0 bridgehead atoms. The molecular formula is C15H14ClNNaO3. The van der Waals surface area contributed by atoms with Gasteiger partial charge in [-0.15, -0.1) is 0 Å². The second kappa shape index (κ2) is 7.27. The molecular weight excluding hydrogens is 301 g/mol. The number of aromatic nitrogens is 1. The minimum absolute atomic E-state index is 0. The number of aryl methyl sites for hydroxylation is 1. The topological polar surface area (TPSA) is 59.3 Å². The Balaban J connectivity index is 0.00000220. The van der Waals surface area contributed by atoms with Gasteiger partial charge in [0.15, 0.2) is 0 Å². The maximum absolute atomic E-state index is 12.5. The van der Waals surface area contributed by atoms with E-state index in [1.54, 1.807) is 48.9 Å². The van der Waals surface area contributed by atoms with Gasteiger partial charge in [0.25, 0.3) is 0 Å². The second-order valence-electron chi connectivity index (χ2n) is 4.63. The van der Waals surface area contributed by atoms with Crippen molar-refractivity contribution in [3.63, 3.8) is 0 Å². The molecule has 1 heterocycles. The molecule has 4 nitrogen and oxygen atoms in total. The quantitative estimate of drug-likeness (QED) is 0.696. The van der Waals surface area contributed by atoms with Crippen molar-refractivity contribution in [1.29, 1.82) is 0 Å². The number of benzene rings is 1. The van der Waals surface area contributed by atoms with Gasteiger partial charge < -0.3 is 9.67 Å². The molecule has 0 aliphatic carbocycles. The van der Waals surface area contributed by atoms with Crippen LogP contribution in [0.2, 0.25) is 5.02 Å². The molecule has 0 amide bonds. The van der Waals surface area contributed by atoms with Gasteiger partial charge in [0.05, 0.1) is 12.1 Å². The number of hydrogen-bond donors (Lipinski definition) is 1. The Morgan fingerprint density at radius 1 is 1.24 bits per heavy atom. The van der Waals surface area contributed by atoms with Crippen LogP contribution in [0.25, 0.3) is 0 Å². The van der Waals surface area contributed by atoms with Crippen LogP contribution in [-0.4, -0.2) is 51.0 Å². The van der Waals surface area contributed by atoms with Crippen LogP contribution >= 0.6 is 11.6 Å². The van der Waals surface area contributed by atoms with E-state index in [-0.39, 0.29) is 41.8 Å². The van der Waals surface area contributed by atoms with Crippen molar-refractivity contribution >= 4 is 52.9 Å². The predicted octanol–water partition coefficient (Wildman–Crippen LogP) is 2.46. The van der Waals surface area contributed by atoms with E-state index in [0.29, 0.717) is 22.0 Å². The Hall–Kier alpha value is -1.07. The summed E-state index contributed by atoms with van der Waals surface area (Å²) in [5, 5.41) is 9.43. The van der Waals surface area contributed by atoms with Crippen molar-refractivity contribution in [2.24, 2.45) is 7.05 Å². The molecule has 0 fully saturated rings. The van der Waals surface area contributed by atoms with Crippen LogP contribution in [0.15, 0.2) is 30.3 Å². The molecule has 2 rings (SSSR count). The zero-order valence-corrected chi connectivity index (χ0v) is 14.9. The zero-order valence-electron chi connectivity index (χ0n) is 12.2. The molecule has 1 radical (unpaired) electrons. The predicted molar refractivity (Wildman–Crippen MR) is 82.1 cm³/mol. The first-order valence-electron chi connectivity index (χ1n) is 6.07. The third-order valence-electron chi connectivity index (χ3n) is 3.18. The minimum atomic E-state index is -0.920. The molecule has 2 aromatic rings. The third kappa shape index (κ3) is 3.98. The summed E-state index contributed by atoms with van der Waals surface area (Å²) in [6.45, 7) is 1.80. The Morgan fingerprint density at radius 3 is 2.33 bits per heavy atom. The van der Waals surface area contributed by atoms with Gasteiger partial charge >= 0.3 is 5.97 Å². The number of carbonyl (C=O) groups is 2. The van der Waals surface area contributed by atoms with E-state index in [9.17, 15) is 9.59 Å². The van der Waals surface area contributed by atoms with Gasteiger partial charge in [-0.25, -0.2) is 0 Å². The van der Waals surface area contributed by atoms with E-state index in [1.165, 1.54) is 0 Å². The normalized spacial score (nSPS) is 10.0. The standard InChI is InChI=1S/C15H14ClNO3.Na/c1-9-7-12(8-13(18)19)17(2)14(9)15(20)10-3-5-11(16)6-4-10;/h3-7H,8H2,1-2H3,(H,18,19);. The van der Waals surface area contributed by atoms with Crippen LogP contribution in [0.1, 0.15) is 27.3 Å². The average molecular weight is 315 g/mol. The van der Waals surface area contributed by atoms with Crippen LogP contribution in [0.4, 0.5) is 0 Å². The molecule has 21 heavy (non-hydrogen) atoms. The van der Waals surface area contributed by atoms with Gasteiger partial charge in [0.2, 0.25) is 5.78 Å². The molecule has 0 aliphatic rings. The molecule has 105 valence electrons. The van der Waals surface area contributed by atoms with Crippen molar-refractivity contribution in [2.45, 2.75) is 13.3 Å². The SMILES string of the molecule is Cc1cc(CC(=O)O)n(C)c1C(=O)c1ccc(Cl)cc1.[Na]. The number of carbonyl (C=O) groups excluding carboxylic acids is 1. The number of hydrogen-bond acceptors (Lipinski definition) is 2. The minimum Gasteiger partial charge on any atom is -0.481 e. The van der Waals surface area contributed by atoms with E-state index in [4.69, 9.17) is 16.7 Å². The smallest absolute Gasteiger partial charge is 0.309 e. The molecule has 1 N–H and O–H groups in total. The van der Waals surface area contributed by atoms with Crippen LogP contribution in [0.3, 0.4) is 0 Å². The van der Waals surface area contributed by atoms with Gasteiger partial charge in [-0.05, 0) is 42.8 Å². The van der Waals surface area contributed by atoms with E-state index >= 15 is 0 Å². The van der Waals surface area contributed by atoms with Gasteiger partial charge in [-0.2, -0.15) is 0 Å². The summed E-state index contributed by atoms with van der Waals surface area (Å²) in [5.74, 6) is -1.06. The summed E-state index contributed by atoms with van der Waals surface area (Å²) in [6.07, 6.45) is -0.106. The summed E-state index contributed by atoms with van der Waals surface area (Å²) >= 11 is 5.80. The van der Waals surface area contributed by atoms with Crippen LogP contribution in [-0.2, 0) is 18.3 Å². The maximum Gasteiger partial charge on any atom is 0.309 e. The number of ketones is 1. The number of halogens is 1. The van der Waals surface area contributed by atoms with Gasteiger partial charge in [-0.3, -0.25) is 9.59 Å². The fraction of sp³-hybridized carbons (Fsp3) is 0.200. The molecule has 1 aromatic heterocycles. The first-order valence-corrected chi connectivity index (χ1v) is 6.45. The monoisotopic (exact) mass is 314 g/mol. The zero-order chi connectivity index (χ0) is 14.9. The number of carboxylic acid groups (broad SMARTS) is 1. The Labute approximate surface area is 150 Å². The largest absolute Gasteiger partial charge is 0.481 e. The molecule has 6 heteroatoms. The molecule has 0 saturated heterocycles. The van der Waals surface area contributed by atoms with Crippen molar-refractivity contribution in [1.82, 2.24) is 4.57 Å². The first kappa shape index (κ1) is 18.0. The Kier molecular flexibility index (Phi) is 6.23. The van der Waals surface area contributed by atoms with Gasteiger partial charge in [0, 0.05) is 52.9 Å². The maximum atomic E-state index is 12.5. The molecule has 0 atom stereocenters. The van der Waals surface area contributed by atoms with Crippen molar-refractivity contribution < 1.29 is 14.7 Å². The number of nitrogens with zero attached hydrogens (tertiary/aromatic N) is 1. The molecule has 0 saturated carbocycles. The van der Waals surface area contributed by atoms with E-state index in [1.807, 2.05) is 0 Å². The van der Waals surface area contributed by atoms with E-state index in [2.05, 4.69) is 0 Å².